The van der Waals surface area contributed by atoms with Crippen molar-refractivity contribution in [3.63, 3.8) is 0 Å². The predicted molar refractivity (Wildman–Crippen MR) is 94.0 cm³/mol. The van der Waals surface area contributed by atoms with E-state index in [1.807, 2.05) is 67.6 Å². The molecular formula is C19H19NO2S. The van der Waals surface area contributed by atoms with Gasteiger partial charge in [0.25, 0.3) is 0 Å². The number of sulfonamides is 1. The number of hydrogen-bond acceptors (Lipinski definition) is 2. The highest BCUT2D eigenvalue weighted by molar-refractivity contribution is 7.89. The lowest BCUT2D eigenvalue weighted by Crippen LogP contribution is -2.27. The molecule has 3 aromatic rings. The Morgan fingerprint density at radius 2 is 1.52 bits per heavy atom. The maximum atomic E-state index is 12.5. The standard InChI is InChI=1S/C19H19NO2S/c1-15(16-7-3-2-4-8-16)14-20-23(21,22)19-12-11-17-9-5-6-10-18(17)13-19/h2-13,15,20H,14H2,1H3/t15-/m1/s1. The van der Waals surface area contributed by atoms with E-state index in [1.165, 1.54) is 0 Å². The van der Waals surface area contributed by atoms with Gasteiger partial charge in [0.15, 0.2) is 0 Å². The van der Waals surface area contributed by atoms with Gasteiger partial charge in [0, 0.05) is 6.54 Å². The molecule has 0 spiro atoms. The lowest BCUT2D eigenvalue weighted by Gasteiger charge is -2.13. The van der Waals surface area contributed by atoms with Gasteiger partial charge in [-0.15, -0.1) is 0 Å². The minimum absolute atomic E-state index is 0.117. The smallest absolute Gasteiger partial charge is 0.211 e. The van der Waals surface area contributed by atoms with Crippen molar-refractivity contribution in [2.75, 3.05) is 6.54 Å². The summed E-state index contributed by atoms with van der Waals surface area (Å²) >= 11 is 0. The average Bonchev–Trinajstić information content (AvgIpc) is 2.60. The van der Waals surface area contributed by atoms with Crippen molar-refractivity contribution in [3.8, 4) is 0 Å². The van der Waals surface area contributed by atoms with Gasteiger partial charge in [-0.2, -0.15) is 0 Å². The van der Waals surface area contributed by atoms with Crippen LogP contribution in [0.4, 0.5) is 0 Å². The van der Waals surface area contributed by atoms with E-state index in [1.54, 1.807) is 12.1 Å². The van der Waals surface area contributed by atoms with Gasteiger partial charge in [0.2, 0.25) is 10.0 Å². The first kappa shape index (κ1) is 15.7. The summed E-state index contributed by atoms with van der Waals surface area (Å²) in [5.74, 6) is 0.117. The van der Waals surface area contributed by atoms with Crippen LogP contribution in [0.15, 0.2) is 77.7 Å². The normalized spacial score (nSPS) is 13.1. The van der Waals surface area contributed by atoms with Gasteiger partial charge in [-0.3, -0.25) is 0 Å². The summed E-state index contributed by atoms with van der Waals surface area (Å²) in [5, 5.41) is 1.95. The molecule has 0 radical (unpaired) electrons. The van der Waals surface area contributed by atoms with Crippen LogP contribution >= 0.6 is 0 Å². The second-order valence-corrected chi connectivity index (χ2v) is 7.44. The monoisotopic (exact) mass is 325 g/mol. The van der Waals surface area contributed by atoms with Crippen molar-refractivity contribution >= 4 is 20.8 Å². The summed E-state index contributed by atoms with van der Waals surface area (Å²) in [6.07, 6.45) is 0. The summed E-state index contributed by atoms with van der Waals surface area (Å²) in [7, 11) is -3.50. The molecule has 23 heavy (non-hydrogen) atoms. The lowest BCUT2D eigenvalue weighted by atomic mass is 10.0. The quantitative estimate of drug-likeness (QED) is 0.773. The molecule has 3 nitrogen and oxygen atoms in total. The van der Waals surface area contributed by atoms with Gasteiger partial charge >= 0.3 is 0 Å². The van der Waals surface area contributed by atoms with Crippen LogP contribution in [0.3, 0.4) is 0 Å². The molecule has 0 saturated heterocycles. The fourth-order valence-electron chi connectivity index (χ4n) is 2.55. The molecule has 0 fully saturated rings. The molecule has 118 valence electrons. The molecule has 0 unspecified atom stereocenters. The van der Waals surface area contributed by atoms with Crippen LogP contribution in [0.2, 0.25) is 0 Å². The van der Waals surface area contributed by atoms with Gasteiger partial charge in [0.1, 0.15) is 0 Å². The Hall–Kier alpha value is -2.17. The van der Waals surface area contributed by atoms with Gasteiger partial charge in [0.05, 0.1) is 4.90 Å². The van der Waals surface area contributed by atoms with Crippen LogP contribution in [0.25, 0.3) is 10.8 Å². The number of rotatable bonds is 5. The first-order chi connectivity index (χ1) is 11.1. The van der Waals surface area contributed by atoms with Crippen molar-refractivity contribution in [3.05, 3.63) is 78.4 Å². The largest absolute Gasteiger partial charge is 0.240 e. The first-order valence-corrected chi connectivity index (χ1v) is 9.08. The molecule has 0 heterocycles. The Morgan fingerprint density at radius 1 is 0.870 bits per heavy atom. The van der Waals surface area contributed by atoms with E-state index in [-0.39, 0.29) is 5.92 Å². The highest BCUT2D eigenvalue weighted by Crippen LogP contribution is 2.20. The molecule has 0 aliphatic rings. The van der Waals surface area contributed by atoms with Crippen molar-refractivity contribution in [2.45, 2.75) is 17.7 Å². The molecule has 0 aliphatic heterocycles. The zero-order valence-corrected chi connectivity index (χ0v) is 13.8. The Labute approximate surface area is 137 Å². The van der Waals surface area contributed by atoms with Crippen LogP contribution in [-0.2, 0) is 10.0 Å². The Morgan fingerprint density at radius 3 is 2.26 bits per heavy atom. The molecular weight excluding hydrogens is 306 g/mol. The number of nitrogens with one attached hydrogen (secondary N) is 1. The SMILES string of the molecule is C[C@H](CNS(=O)(=O)c1ccc2ccccc2c1)c1ccccc1. The Balaban J connectivity index is 1.78. The van der Waals surface area contributed by atoms with Crippen molar-refractivity contribution in [2.24, 2.45) is 0 Å². The molecule has 0 saturated carbocycles. The van der Waals surface area contributed by atoms with Crippen LogP contribution in [0.1, 0.15) is 18.4 Å². The molecule has 3 rings (SSSR count). The summed E-state index contributed by atoms with van der Waals surface area (Å²) < 4.78 is 27.7. The zero-order chi connectivity index (χ0) is 16.3. The molecule has 3 aromatic carbocycles. The highest BCUT2D eigenvalue weighted by atomic mass is 32.2. The molecule has 4 heteroatoms. The minimum atomic E-state index is -3.50. The Kier molecular flexibility index (Phi) is 4.46. The molecule has 0 bridgehead atoms. The van der Waals surface area contributed by atoms with Crippen molar-refractivity contribution in [1.82, 2.24) is 4.72 Å². The zero-order valence-electron chi connectivity index (χ0n) is 12.9. The van der Waals surface area contributed by atoms with E-state index in [0.29, 0.717) is 11.4 Å². The third kappa shape index (κ3) is 3.60. The van der Waals surface area contributed by atoms with Gasteiger partial charge in [-0.1, -0.05) is 67.6 Å². The van der Waals surface area contributed by atoms with E-state index in [0.717, 1.165) is 16.3 Å². The maximum Gasteiger partial charge on any atom is 0.240 e. The molecule has 0 amide bonds. The lowest BCUT2D eigenvalue weighted by molar-refractivity contribution is 0.575. The summed E-state index contributed by atoms with van der Waals surface area (Å²) in [6.45, 7) is 2.39. The minimum Gasteiger partial charge on any atom is -0.211 e. The topological polar surface area (TPSA) is 46.2 Å². The average molecular weight is 325 g/mol. The molecule has 1 atom stereocenters. The van der Waals surface area contributed by atoms with Gasteiger partial charge in [-0.25, -0.2) is 13.1 Å². The van der Waals surface area contributed by atoms with Crippen LogP contribution < -0.4 is 4.72 Å². The number of benzene rings is 3. The van der Waals surface area contributed by atoms with Gasteiger partial charge in [-0.05, 0) is 34.4 Å². The number of fused-ring (bicyclic) bond motifs is 1. The first-order valence-electron chi connectivity index (χ1n) is 7.60. The van der Waals surface area contributed by atoms with E-state index in [2.05, 4.69) is 4.72 Å². The summed E-state index contributed by atoms with van der Waals surface area (Å²) in [5.41, 5.74) is 1.12. The molecule has 0 aliphatic carbocycles. The van der Waals surface area contributed by atoms with Crippen LogP contribution in [0, 0.1) is 0 Å². The summed E-state index contributed by atoms with van der Waals surface area (Å²) in [6, 6.07) is 22.8. The number of hydrogen-bond donors (Lipinski definition) is 1. The summed E-state index contributed by atoms with van der Waals surface area (Å²) in [4.78, 5) is 0.302. The Bertz CT molecular complexity index is 905. The van der Waals surface area contributed by atoms with Crippen molar-refractivity contribution < 1.29 is 8.42 Å². The van der Waals surface area contributed by atoms with Crippen LogP contribution in [-0.4, -0.2) is 15.0 Å². The third-order valence-electron chi connectivity index (χ3n) is 3.98. The van der Waals surface area contributed by atoms with Gasteiger partial charge < -0.3 is 0 Å². The van der Waals surface area contributed by atoms with Crippen molar-refractivity contribution in [1.29, 1.82) is 0 Å². The third-order valence-corrected chi connectivity index (χ3v) is 5.40. The highest BCUT2D eigenvalue weighted by Gasteiger charge is 2.16. The van der Waals surface area contributed by atoms with E-state index >= 15 is 0 Å². The predicted octanol–water partition coefficient (Wildman–Crippen LogP) is 3.92. The fourth-order valence-corrected chi connectivity index (χ4v) is 3.72. The van der Waals surface area contributed by atoms with Crippen LogP contribution in [0.5, 0.6) is 0 Å². The van der Waals surface area contributed by atoms with E-state index < -0.39 is 10.0 Å². The van der Waals surface area contributed by atoms with E-state index in [4.69, 9.17) is 0 Å². The second kappa shape index (κ2) is 6.52. The maximum absolute atomic E-state index is 12.5. The second-order valence-electron chi connectivity index (χ2n) is 5.67. The van der Waals surface area contributed by atoms with E-state index in [9.17, 15) is 8.42 Å². The fraction of sp³-hybridized carbons (Fsp3) is 0.158. The molecule has 1 N–H and O–H groups in total. The molecule has 0 aromatic heterocycles.